The fourth-order valence-electron chi connectivity index (χ4n) is 2.39. The molecule has 1 heterocycles. The molecule has 0 bridgehead atoms. The van der Waals surface area contributed by atoms with Gasteiger partial charge in [0.15, 0.2) is 12.4 Å². The zero-order valence-corrected chi connectivity index (χ0v) is 12.4. The first kappa shape index (κ1) is 16.2. The molecular weight excluding hydrogens is 290 g/mol. The molecule has 0 spiro atoms. The van der Waals surface area contributed by atoms with Gasteiger partial charge in [-0.2, -0.15) is 0 Å². The van der Waals surface area contributed by atoms with Gasteiger partial charge < -0.3 is 15.2 Å². The lowest BCUT2D eigenvalue weighted by molar-refractivity contribution is -0.385. The third kappa shape index (κ3) is 4.15. The minimum atomic E-state index is -0.593. The molecule has 1 aliphatic rings. The highest BCUT2D eigenvalue weighted by atomic mass is 16.6. The monoisotopic (exact) mass is 309 g/mol. The summed E-state index contributed by atoms with van der Waals surface area (Å²) in [5.41, 5.74) is 6.50. The summed E-state index contributed by atoms with van der Waals surface area (Å²) in [6, 6.07) is 4.89. The van der Waals surface area contributed by atoms with Gasteiger partial charge in [0.1, 0.15) is 0 Å². The van der Waals surface area contributed by atoms with Crippen LogP contribution in [0.5, 0.6) is 5.75 Å². The maximum absolute atomic E-state index is 11.2. The summed E-state index contributed by atoms with van der Waals surface area (Å²) in [5, 5.41) is 11.2. The maximum atomic E-state index is 11.2. The van der Waals surface area contributed by atoms with Gasteiger partial charge in [-0.1, -0.05) is 6.07 Å². The van der Waals surface area contributed by atoms with Crippen molar-refractivity contribution in [3.8, 4) is 5.75 Å². The van der Waals surface area contributed by atoms with E-state index in [2.05, 4.69) is 9.64 Å². The Labute approximate surface area is 127 Å². The third-order valence-corrected chi connectivity index (χ3v) is 3.51. The highest BCUT2D eigenvalue weighted by Gasteiger charge is 2.21. The number of nitrogens with zero attached hydrogens (tertiary/aromatic N) is 2. The fraction of sp³-hybridized carbons (Fsp3) is 0.500. The maximum Gasteiger partial charge on any atom is 0.343 e. The second kappa shape index (κ2) is 7.19. The van der Waals surface area contributed by atoms with Crippen LogP contribution in [0.25, 0.3) is 0 Å². The van der Waals surface area contributed by atoms with E-state index in [0.29, 0.717) is 6.54 Å². The van der Waals surface area contributed by atoms with Gasteiger partial charge in [0.05, 0.1) is 12.0 Å². The Bertz CT molecular complexity index is 563. The third-order valence-electron chi connectivity index (χ3n) is 3.51. The number of carbonyl (C=O) groups is 1. The molecule has 2 rings (SSSR count). The molecular formula is C14H19N3O5. The van der Waals surface area contributed by atoms with Crippen LogP contribution in [0.2, 0.25) is 0 Å². The Morgan fingerprint density at radius 1 is 1.55 bits per heavy atom. The van der Waals surface area contributed by atoms with Crippen LogP contribution in [0.1, 0.15) is 12.0 Å². The molecule has 22 heavy (non-hydrogen) atoms. The summed E-state index contributed by atoms with van der Waals surface area (Å²) in [6.45, 7) is 1.91. The number of ether oxygens (including phenoxy) is 2. The van der Waals surface area contributed by atoms with Crippen molar-refractivity contribution in [2.24, 2.45) is 5.73 Å². The fourth-order valence-corrected chi connectivity index (χ4v) is 2.39. The van der Waals surface area contributed by atoms with E-state index in [9.17, 15) is 14.9 Å². The van der Waals surface area contributed by atoms with E-state index < -0.39 is 10.9 Å². The number of hydrogen-bond donors (Lipinski definition) is 1. The van der Waals surface area contributed by atoms with Gasteiger partial charge in [-0.15, -0.1) is 0 Å². The van der Waals surface area contributed by atoms with Gasteiger partial charge in [-0.25, -0.2) is 4.79 Å². The molecule has 1 saturated heterocycles. The molecule has 0 aromatic heterocycles. The molecule has 0 aliphatic carbocycles. The standard InChI is InChI=1S/C14H19N3O5/c1-21-14(18)9-22-13-3-2-10(6-12(13)17(19)20)7-16-5-4-11(15)8-16/h2-3,6,11H,4-5,7-9,15H2,1H3/t11-/m1/s1. The molecule has 8 heteroatoms. The molecule has 0 radical (unpaired) electrons. The first-order chi connectivity index (χ1) is 10.5. The topological polar surface area (TPSA) is 108 Å². The molecule has 1 fully saturated rings. The molecule has 2 N–H and O–H groups in total. The number of nitro benzene ring substituents is 1. The smallest absolute Gasteiger partial charge is 0.343 e. The minimum absolute atomic E-state index is 0.0530. The van der Waals surface area contributed by atoms with E-state index in [-0.39, 0.29) is 24.1 Å². The van der Waals surface area contributed by atoms with Crippen molar-refractivity contribution in [2.75, 3.05) is 26.8 Å². The summed E-state index contributed by atoms with van der Waals surface area (Å²) in [5.74, 6) is -0.540. The largest absolute Gasteiger partial charge is 0.475 e. The zero-order valence-electron chi connectivity index (χ0n) is 12.4. The summed E-state index contributed by atoms with van der Waals surface area (Å²) < 4.78 is 9.59. The first-order valence-electron chi connectivity index (χ1n) is 6.94. The van der Waals surface area contributed by atoms with Gasteiger partial charge in [0.2, 0.25) is 0 Å². The van der Waals surface area contributed by atoms with Crippen LogP contribution >= 0.6 is 0 Å². The number of esters is 1. The van der Waals surface area contributed by atoms with Crippen LogP contribution in [-0.4, -0.2) is 48.6 Å². The van der Waals surface area contributed by atoms with Crippen LogP contribution in [0.3, 0.4) is 0 Å². The quantitative estimate of drug-likeness (QED) is 0.467. The summed E-state index contributed by atoms with van der Waals surface area (Å²) in [7, 11) is 1.23. The van der Waals surface area contributed by atoms with Crippen LogP contribution in [0.4, 0.5) is 5.69 Å². The number of rotatable bonds is 6. The molecule has 1 atom stereocenters. The molecule has 1 aromatic rings. The van der Waals surface area contributed by atoms with Crippen molar-refractivity contribution in [2.45, 2.75) is 19.0 Å². The van der Waals surface area contributed by atoms with Gasteiger partial charge in [0.25, 0.3) is 0 Å². The number of nitrogens with two attached hydrogens (primary N) is 1. The Kier molecular flexibility index (Phi) is 5.29. The predicted molar refractivity (Wildman–Crippen MR) is 78.5 cm³/mol. The van der Waals surface area contributed by atoms with E-state index >= 15 is 0 Å². The average Bonchev–Trinajstić information content (AvgIpc) is 2.90. The minimum Gasteiger partial charge on any atom is -0.475 e. The van der Waals surface area contributed by atoms with Crippen LogP contribution in [0, 0.1) is 10.1 Å². The van der Waals surface area contributed by atoms with E-state index in [4.69, 9.17) is 10.5 Å². The molecule has 1 aliphatic heterocycles. The van der Waals surface area contributed by atoms with Crippen molar-refractivity contribution >= 4 is 11.7 Å². The molecule has 8 nitrogen and oxygen atoms in total. The highest BCUT2D eigenvalue weighted by Crippen LogP contribution is 2.29. The first-order valence-corrected chi connectivity index (χ1v) is 6.94. The lowest BCUT2D eigenvalue weighted by atomic mass is 10.1. The van der Waals surface area contributed by atoms with E-state index in [1.807, 2.05) is 0 Å². The number of benzene rings is 1. The molecule has 120 valence electrons. The second-order valence-corrected chi connectivity index (χ2v) is 5.21. The Morgan fingerprint density at radius 2 is 2.32 bits per heavy atom. The number of likely N-dealkylation sites (tertiary alicyclic amines) is 1. The number of carbonyl (C=O) groups excluding carboxylic acids is 1. The Hall–Kier alpha value is -2.19. The average molecular weight is 309 g/mol. The van der Waals surface area contributed by atoms with Crippen molar-refractivity contribution in [3.05, 3.63) is 33.9 Å². The lowest BCUT2D eigenvalue weighted by Gasteiger charge is -2.15. The second-order valence-electron chi connectivity index (χ2n) is 5.21. The van der Waals surface area contributed by atoms with Crippen molar-refractivity contribution in [1.29, 1.82) is 0 Å². The number of hydrogen-bond acceptors (Lipinski definition) is 7. The van der Waals surface area contributed by atoms with Gasteiger partial charge in [-0.05, 0) is 18.1 Å². The van der Waals surface area contributed by atoms with E-state index in [0.717, 1.165) is 25.1 Å². The van der Waals surface area contributed by atoms with Crippen molar-refractivity contribution in [1.82, 2.24) is 4.90 Å². The van der Waals surface area contributed by atoms with E-state index in [1.165, 1.54) is 19.2 Å². The van der Waals surface area contributed by atoms with Gasteiger partial charge in [0, 0.05) is 31.7 Å². The summed E-state index contributed by atoms with van der Waals surface area (Å²) in [6.07, 6.45) is 0.933. The molecule has 0 amide bonds. The number of nitro groups is 1. The normalized spacial score (nSPS) is 18.2. The Morgan fingerprint density at radius 3 is 2.91 bits per heavy atom. The van der Waals surface area contributed by atoms with Gasteiger partial charge >= 0.3 is 11.7 Å². The zero-order chi connectivity index (χ0) is 16.1. The summed E-state index contributed by atoms with van der Waals surface area (Å²) >= 11 is 0. The van der Waals surface area contributed by atoms with Crippen molar-refractivity contribution < 1.29 is 19.2 Å². The van der Waals surface area contributed by atoms with Crippen LogP contribution in [0.15, 0.2) is 18.2 Å². The van der Waals surface area contributed by atoms with Crippen LogP contribution in [-0.2, 0) is 16.1 Å². The Balaban J connectivity index is 2.09. The lowest BCUT2D eigenvalue weighted by Crippen LogP contribution is -2.26. The van der Waals surface area contributed by atoms with Crippen LogP contribution < -0.4 is 10.5 Å². The van der Waals surface area contributed by atoms with Crippen molar-refractivity contribution in [3.63, 3.8) is 0 Å². The molecule has 1 aromatic carbocycles. The summed E-state index contributed by atoms with van der Waals surface area (Å²) in [4.78, 5) is 23.8. The predicted octanol–water partition coefficient (Wildman–Crippen LogP) is 0.680. The van der Waals surface area contributed by atoms with E-state index in [1.54, 1.807) is 6.07 Å². The SMILES string of the molecule is COC(=O)COc1ccc(CN2CC[C@@H](N)C2)cc1[N+](=O)[O-]. The highest BCUT2D eigenvalue weighted by molar-refractivity contribution is 5.71. The number of methoxy groups -OCH3 is 1. The van der Waals surface area contributed by atoms with Gasteiger partial charge in [-0.3, -0.25) is 15.0 Å². The molecule has 0 saturated carbocycles. The molecule has 0 unspecified atom stereocenters.